The second-order valence-electron chi connectivity index (χ2n) is 6.92. The second kappa shape index (κ2) is 7.45. The van der Waals surface area contributed by atoms with Crippen LogP contribution in [0.5, 0.6) is 0 Å². The highest BCUT2D eigenvalue weighted by Crippen LogP contribution is 2.59. The fourth-order valence-electron chi connectivity index (χ4n) is 3.84. The third kappa shape index (κ3) is 3.93. The normalized spacial score (nSPS) is 22.0. The molecule has 0 radical (unpaired) electrons. The van der Waals surface area contributed by atoms with E-state index in [1.54, 1.807) is 7.11 Å². The van der Waals surface area contributed by atoms with Crippen LogP contribution < -0.4 is 5.32 Å². The molecule has 1 heterocycles. The zero-order valence-corrected chi connectivity index (χ0v) is 14.1. The fourth-order valence-corrected chi connectivity index (χ4v) is 3.84. The molecule has 1 amide bonds. The van der Waals surface area contributed by atoms with Crippen molar-refractivity contribution in [2.45, 2.75) is 25.7 Å². The minimum atomic E-state index is 0.247. The Morgan fingerprint density at radius 1 is 1.26 bits per heavy atom. The van der Waals surface area contributed by atoms with Crippen molar-refractivity contribution in [2.24, 2.45) is 11.3 Å². The molecule has 1 aliphatic carbocycles. The van der Waals surface area contributed by atoms with Crippen molar-refractivity contribution in [3.05, 3.63) is 35.9 Å². The van der Waals surface area contributed by atoms with Crippen molar-refractivity contribution >= 4 is 5.91 Å². The predicted octanol–water partition coefficient (Wildman–Crippen LogP) is 2.09. The summed E-state index contributed by atoms with van der Waals surface area (Å²) in [6, 6.07) is 10.4. The topological polar surface area (TPSA) is 41.6 Å². The summed E-state index contributed by atoms with van der Waals surface area (Å²) in [5.74, 6) is 0.595. The van der Waals surface area contributed by atoms with E-state index in [1.807, 2.05) is 11.0 Å². The molecule has 1 saturated heterocycles. The number of hydrogen-bond donors (Lipinski definition) is 1. The average Bonchev–Trinajstić information content (AvgIpc) is 3.29. The lowest BCUT2D eigenvalue weighted by atomic mass is 9.91. The molecule has 4 nitrogen and oxygen atoms in total. The second-order valence-corrected chi connectivity index (χ2v) is 6.92. The molecule has 3 rings (SSSR count). The van der Waals surface area contributed by atoms with Crippen LogP contribution in [0, 0.1) is 11.3 Å². The highest BCUT2D eigenvalue weighted by Gasteiger charge is 2.58. The summed E-state index contributed by atoms with van der Waals surface area (Å²) in [7, 11) is 1.70. The third-order valence-corrected chi connectivity index (χ3v) is 5.48. The summed E-state index contributed by atoms with van der Waals surface area (Å²) >= 11 is 0. The van der Waals surface area contributed by atoms with E-state index in [1.165, 1.54) is 5.56 Å². The van der Waals surface area contributed by atoms with Gasteiger partial charge in [-0.2, -0.15) is 0 Å². The molecule has 126 valence electrons. The maximum absolute atomic E-state index is 13.0. The Morgan fingerprint density at radius 3 is 2.70 bits per heavy atom. The minimum absolute atomic E-state index is 0.247. The summed E-state index contributed by atoms with van der Waals surface area (Å²) in [5, 5.41) is 3.41. The van der Waals surface area contributed by atoms with Crippen molar-refractivity contribution in [2.75, 3.05) is 39.9 Å². The zero-order valence-electron chi connectivity index (χ0n) is 14.1. The Kier molecular flexibility index (Phi) is 5.34. The summed E-state index contributed by atoms with van der Waals surface area (Å²) in [6.45, 7) is 4.23. The van der Waals surface area contributed by atoms with E-state index in [4.69, 9.17) is 4.74 Å². The largest absolute Gasteiger partial charge is 0.383 e. The van der Waals surface area contributed by atoms with Crippen molar-refractivity contribution in [1.29, 1.82) is 0 Å². The van der Waals surface area contributed by atoms with Crippen LogP contribution in [-0.4, -0.2) is 50.7 Å². The standard InChI is InChI=1S/C19H28N2O2/c1-23-14-13-21(12-7-16-5-3-2-4-6-16)18(22)17-15-19(17)8-10-20-11-9-19/h2-6,17,20H,7-15H2,1H3. The van der Waals surface area contributed by atoms with Gasteiger partial charge in [0, 0.05) is 26.1 Å². The number of nitrogens with zero attached hydrogens (tertiary/aromatic N) is 1. The van der Waals surface area contributed by atoms with Gasteiger partial charge in [-0.15, -0.1) is 0 Å². The van der Waals surface area contributed by atoms with Crippen LogP contribution in [0.25, 0.3) is 0 Å². The Morgan fingerprint density at radius 2 is 2.00 bits per heavy atom. The van der Waals surface area contributed by atoms with Gasteiger partial charge in [-0.1, -0.05) is 30.3 Å². The fraction of sp³-hybridized carbons (Fsp3) is 0.632. The van der Waals surface area contributed by atoms with E-state index in [9.17, 15) is 4.79 Å². The molecule has 1 unspecified atom stereocenters. The lowest BCUT2D eigenvalue weighted by Gasteiger charge is -2.27. The smallest absolute Gasteiger partial charge is 0.226 e. The van der Waals surface area contributed by atoms with Crippen molar-refractivity contribution in [1.82, 2.24) is 10.2 Å². The number of nitrogens with one attached hydrogen (secondary N) is 1. The molecule has 1 aromatic rings. The number of carbonyl (C=O) groups is 1. The molecule has 23 heavy (non-hydrogen) atoms. The Hall–Kier alpha value is -1.39. The lowest BCUT2D eigenvalue weighted by molar-refractivity contribution is -0.134. The number of piperidine rings is 1. The number of hydrogen-bond acceptors (Lipinski definition) is 3. The van der Waals surface area contributed by atoms with Gasteiger partial charge in [0.25, 0.3) is 0 Å². The van der Waals surface area contributed by atoms with Gasteiger partial charge in [0.05, 0.1) is 6.61 Å². The lowest BCUT2D eigenvalue weighted by Crippen LogP contribution is -2.39. The van der Waals surface area contributed by atoms with Crippen LogP contribution in [0.2, 0.25) is 0 Å². The van der Waals surface area contributed by atoms with Gasteiger partial charge in [-0.3, -0.25) is 4.79 Å². The molecule has 1 N–H and O–H groups in total. The summed E-state index contributed by atoms with van der Waals surface area (Å²) in [4.78, 5) is 15.0. The molecule has 0 bridgehead atoms. The monoisotopic (exact) mass is 316 g/mol. The summed E-state index contributed by atoms with van der Waals surface area (Å²) in [5.41, 5.74) is 1.59. The highest BCUT2D eigenvalue weighted by molar-refractivity contribution is 5.82. The molecule has 1 atom stereocenters. The molecule has 1 aliphatic heterocycles. The molecule has 4 heteroatoms. The zero-order chi connectivity index (χ0) is 16.1. The Balaban J connectivity index is 1.58. The maximum Gasteiger partial charge on any atom is 0.226 e. The quantitative estimate of drug-likeness (QED) is 0.837. The number of carbonyl (C=O) groups excluding carboxylic acids is 1. The van der Waals surface area contributed by atoms with Crippen LogP contribution in [0.4, 0.5) is 0 Å². The first-order valence-corrected chi connectivity index (χ1v) is 8.77. The van der Waals surface area contributed by atoms with E-state index in [-0.39, 0.29) is 5.92 Å². The first kappa shape index (κ1) is 16.5. The Labute approximate surface area is 139 Å². The molecular formula is C19H28N2O2. The van der Waals surface area contributed by atoms with Crippen LogP contribution in [0.1, 0.15) is 24.8 Å². The van der Waals surface area contributed by atoms with Gasteiger partial charge in [0.1, 0.15) is 0 Å². The van der Waals surface area contributed by atoms with E-state index in [0.717, 1.165) is 45.3 Å². The molecule has 1 spiro atoms. The van der Waals surface area contributed by atoms with Crippen LogP contribution in [0.3, 0.4) is 0 Å². The van der Waals surface area contributed by atoms with Crippen molar-refractivity contribution in [3.8, 4) is 0 Å². The average molecular weight is 316 g/mol. The molecule has 2 fully saturated rings. The minimum Gasteiger partial charge on any atom is -0.383 e. The third-order valence-electron chi connectivity index (χ3n) is 5.48. The molecule has 2 aliphatic rings. The van der Waals surface area contributed by atoms with Crippen LogP contribution in [0.15, 0.2) is 30.3 Å². The molecule has 1 saturated carbocycles. The van der Waals surface area contributed by atoms with E-state index in [0.29, 0.717) is 24.5 Å². The molecular weight excluding hydrogens is 288 g/mol. The van der Waals surface area contributed by atoms with Gasteiger partial charge in [-0.05, 0) is 49.8 Å². The SMILES string of the molecule is COCCN(CCc1ccccc1)C(=O)C1CC12CCNCC2. The van der Waals surface area contributed by atoms with E-state index < -0.39 is 0 Å². The van der Waals surface area contributed by atoms with Gasteiger partial charge in [0.15, 0.2) is 0 Å². The van der Waals surface area contributed by atoms with Gasteiger partial charge < -0.3 is 15.0 Å². The first-order valence-electron chi connectivity index (χ1n) is 8.77. The van der Waals surface area contributed by atoms with Gasteiger partial charge in [0.2, 0.25) is 5.91 Å². The van der Waals surface area contributed by atoms with E-state index in [2.05, 4.69) is 29.6 Å². The van der Waals surface area contributed by atoms with Crippen molar-refractivity contribution in [3.63, 3.8) is 0 Å². The first-order chi connectivity index (χ1) is 11.2. The highest BCUT2D eigenvalue weighted by atomic mass is 16.5. The van der Waals surface area contributed by atoms with Gasteiger partial charge in [-0.25, -0.2) is 0 Å². The summed E-state index contributed by atoms with van der Waals surface area (Å²) in [6.07, 6.45) is 4.31. The van der Waals surface area contributed by atoms with Crippen LogP contribution >= 0.6 is 0 Å². The number of amides is 1. The van der Waals surface area contributed by atoms with E-state index >= 15 is 0 Å². The van der Waals surface area contributed by atoms with Crippen molar-refractivity contribution < 1.29 is 9.53 Å². The maximum atomic E-state index is 13.0. The number of benzene rings is 1. The molecule has 0 aromatic heterocycles. The Bertz CT molecular complexity index is 511. The van der Waals surface area contributed by atoms with Gasteiger partial charge >= 0.3 is 0 Å². The number of methoxy groups -OCH3 is 1. The molecule has 1 aromatic carbocycles. The van der Waals surface area contributed by atoms with Crippen LogP contribution in [-0.2, 0) is 16.0 Å². The predicted molar refractivity (Wildman–Crippen MR) is 91.2 cm³/mol. The summed E-state index contributed by atoms with van der Waals surface area (Å²) < 4.78 is 5.21. The number of rotatable bonds is 7. The number of ether oxygens (including phenoxy) is 1.